The van der Waals surface area contributed by atoms with Crippen LogP contribution in [-0.2, 0) is 13.6 Å². The van der Waals surface area contributed by atoms with E-state index < -0.39 is 0 Å². The highest BCUT2D eigenvalue weighted by Gasteiger charge is 2.01. The lowest BCUT2D eigenvalue weighted by molar-refractivity contribution is 0.902. The highest BCUT2D eigenvalue weighted by molar-refractivity contribution is 7.09. The predicted molar refractivity (Wildman–Crippen MR) is 59.6 cm³/mol. The molecule has 2 rings (SSSR count). The maximum atomic E-state index is 4.37. The summed E-state index contributed by atoms with van der Waals surface area (Å²) in [6.07, 6.45) is 2.01. The highest BCUT2D eigenvalue weighted by Crippen LogP contribution is 2.12. The maximum Gasteiger partial charge on any atom is 0.203 e. The number of thiophene rings is 1. The molecule has 0 aliphatic carbocycles. The third kappa shape index (κ3) is 1.96. The van der Waals surface area contributed by atoms with Gasteiger partial charge in [-0.2, -0.15) is 0 Å². The Morgan fingerprint density at radius 1 is 1.57 bits per heavy atom. The summed E-state index contributed by atoms with van der Waals surface area (Å²) in [4.78, 5) is 5.69. The second-order valence-corrected chi connectivity index (χ2v) is 4.28. The molecule has 4 heteroatoms. The minimum Gasteiger partial charge on any atom is -0.351 e. The number of nitrogens with one attached hydrogen (secondary N) is 1. The van der Waals surface area contributed by atoms with E-state index in [9.17, 15) is 0 Å². The number of hydrogen-bond acceptors (Lipinski definition) is 3. The Balaban J connectivity index is 2.01. The first-order valence-corrected chi connectivity index (χ1v) is 5.40. The van der Waals surface area contributed by atoms with Gasteiger partial charge in [0.25, 0.3) is 0 Å². The standard InChI is InChI=1S/C10H13N3S/c1-8-7-13(2)10(12-8)11-6-9-4-3-5-14-9/h3-5,7H,6H2,1-2H3,(H,11,12). The van der Waals surface area contributed by atoms with Gasteiger partial charge in [0.1, 0.15) is 0 Å². The van der Waals surface area contributed by atoms with E-state index in [1.807, 2.05) is 24.7 Å². The largest absolute Gasteiger partial charge is 0.351 e. The zero-order chi connectivity index (χ0) is 9.97. The molecule has 2 aromatic heterocycles. The number of hydrogen-bond donors (Lipinski definition) is 1. The first-order valence-electron chi connectivity index (χ1n) is 4.52. The van der Waals surface area contributed by atoms with Gasteiger partial charge in [-0.1, -0.05) is 6.07 Å². The summed E-state index contributed by atoms with van der Waals surface area (Å²) in [6.45, 7) is 2.85. The average molecular weight is 207 g/mol. The summed E-state index contributed by atoms with van der Waals surface area (Å²) in [7, 11) is 2.00. The van der Waals surface area contributed by atoms with Crippen molar-refractivity contribution >= 4 is 17.3 Å². The maximum absolute atomic E-state index is 4.37. The van der Waals surface area contributed by atoms with Crippen molar-refractivity contribution in [3.05, 3.63) is 34.3 Å². The molecule has 14 heavy (non-hydrogen) atoms. The number of anilines is 1. The molecule has 0 unspecified atom stereocenters. The quantitative estimate of drug-likeness (QED) is 0.837. The van der Waals surface area contributed by atoms with Crippen LogP contribution in [0.25, 0.3) is 0 Å². The van der Waals surface area contributed by atoms with Crippen molar-refractivity contribution in [2.75, 3.05) is 5.32 Å². The fraction of sp³-hybridized carbons (Fsp3) is 0.300. The molecule has 0 aliphatic heterocycles. The van der Waals surface area contributed by atoms with Crippen LogP contribution in [0.3, 0.4) is 0 Å². The number of imidazole rings is 1. The van der Waals surface area contributed by atoms with Gasteiger partial charge < -0.3 is 9.88 Å². The van der Waals surface area contributed by atoms with Crippen LogP contribution in [0.4, 0.5) is 5.95 Å². The Bertz CT molecular complexity index is 403. The van der Waals surface area contributed by atoms with Gasteiger partial charge in [0.2, 0.25) is 5.95 Å². The lowest BCUT2D eigenvalue weighted by Crippen LogP contribution is -2.03. The fourth-order valence-corrected chi connectivity index (χ4v) is 2.00. The first-order chi connectivity index (χ1) is 6.75. The number of nitrogens with zero attached hydrogens (tertiary/aromatic N) is 2. The lowest BCUT2D eigenvalue weighted by Gasteiger charge is -2.03. The number of aryl methyl sites for hydroxylation is 2. The van der Waals surface area contributed by atoms with Crippen molar-refractivity contribution in [3.8, 4) is 0 Å². The van der Waals surface area contributed by atoms with E-state index >= 15 is 0 Å². The third-order valence-corrected chi connectivity index (χ3v) is 2.87. The lowest BCUT2D eigenvalue weighted by atomic mass is 10.5. The Hall–Kier alpha value is -1.29. The molecular weight excluding hydrogens is 194 g/mol. The van der Waals surface area contributed by atoms with Crippen molar-refractivity contribution < 1.29 is 0 Å². The zero-order valence-corrected chi connectivity index (χ0v) is 9.14. The van der Waals surface area contributed by atoms with E-state index in [-0.39, 0.29) is 0 Å². The van der Waals surface area contributed by atoms with Crippen molar-refractivity contribution in [2.24, 2.45) is 7.05 Å². The SMILES string of the molecule is Cc1cn(C)c(NCc2cccs2)n1. The summed E-state index contributed by atoms with van der Waals surface area (Å²) in [5, 5.41) is 5.38. The monoisotopic (exact) mass is 207 g/mol. The Morgan fingerprint density at radius 3 is 3.00 bits per heavy atom. The van der Waals surface area contributed by atoms with Gasteiger partial charge in [0.15, 0.2) is 0 Å². The topological polar surface area (TPSA) is 29.9 Å². The summed E-state index contributed by atoms with van der Waals surface area (Å²) in [5.41, 5.74) is 1.04. The molecule has 74 valence electrons. The Kier molecular flexibility index (Phi) is 2.54. The van der Waals surface area contributed by atoms with E-state index in [1.165, 1.54) is 4.88 Å². The normalized spacial score (nSPS) is 10.4. The molecule has 0 aromatic carbocycles. The van der Waals surface area contributed by atoms with E-state index in [4.69, 9.17) is 0 Å². The average Bonchev–Trinajstić information content (AvgIpc) is 2.72. The molecular formula is C10H13N3S. The first kappa shape index (κ1) is 9.27. The van der Waals surface area contributed by atoms with Crippen LogP contribution in [0.15, 0.2) is 23.7 Å². The molecule has 0 aliphatic rings. The minimum absolute atomic E-state index is 0.849. The molecule has 0 spiro atoms. The predicted octanol–water partition coefficient (Wildman–Crippen LogP) is 2.40. The molecule has 0 bridgehead atoms. The molecule has 0 fully saturated rings. The van der Waals surface area contributed by atoms with Gasteiger partial charge in [-0.05, 0) is 18.4 Å². The smallest absolute Gasteiger partial charge is 0.203 e. The summed E-state index contributed by atoms with van der Waals surface area (Å²) >= 11 is 1.76. The second-order valence-electron chi connectivity index (χ2n) is 3.25. The molecule has 0 saturated carbocycles. The molecule has 0 saturated heterocycles. The molecule has 0 atom stereocenters. The van der Waals surface area contributed by atoms with Crippen LogP contribution in [0, 0.1) is 6.92 Å². The molecule has 0 amide bonds. The van der Waals surface area contributed by atoms with Gasteiger partial charge in [0.05, 0.1) is 12.2 Å². The van der Waals surface area contributed by atoms with Crippen LogP contribution < -0.4 is 5.32 Å². The van der Waals surface area contributed by atoms with Gasteiger partial charge in [-0.25, -0.2) is 4.98 Å². The summed E-state index contributed by atoms with van der Waals surface area (Å²) in [6, 6.07) is 4.18. The van der Waals surface area contributed by atoms with Crippen LogP contribution >= 0.6 is 11.3 Å². The van der Waals surface area contributed by atoms with E-state index in [0.717, 1.165) is 18.2 Å². The number of aromatic nitrogens is 2. The fourth-order valence-electron chi connectivity index (χ4n) is 1.36. The Morgan fingerprint density at radius 2 is 2.43 bits per heavy atom. The van der Waals surface area contributed by atoms with Crippen LogP contribution in [0.5, 0.6) is 0 Å². The van der Waals surface area contributed by atoms with Gasteiger partial charge in [-0.15, -0.1) is 11.3 Å². The van der Waals surface area contributed by atoms with Crippen molar-refractivity contribution in [1.82, 2.24) is 9.55 Å². The van der Waals surface area contributed by atoms with Crippen molar-refractivity contribution in [3.63, 3.8) is 0 Å². The van der Waals surface area contributed by atoms with Crippen molar-refractivity contribution in [2.45, 2.75) is 13.5 Å². The van der Waals surface area contributed by atoms with Crippen LogP contribution in [0.1, 0.15) is 10.6 Å². The molecule has 0 radical (unpaired) electrons. The second kappa shape index (κ2) is 3.84. The third-order valence-electron chi connectivity index (χ3n) is 2.00. The van der Waals surface area contributed by atoms with E-state index in [1.54, 1.807) is 11.3 Å². The number of rotatable bonds is 3. The molecule has 1 N–H and O–H groups in total. The van der Waals surface area contributed by atoms with Gasteiger partial charge >= 0.3 is 0 Å². The van der Waals surface area contributed by atoms with Crippen LogP contribution in [-0.4, -0.2) is 9.55 Å². The highest BCUT2D eigenvalue weighted by atomic mass is 32.1. The Labute approximate surface area is 87.4 Å². The van der Waals surface area contributed by atoms with E-state index in [0.29, 0.717) is 0 Å². The van der Waals surface area contributed by atoms with Crippen LogP contribution in [0.2, 0.25) is 0 Å². The molecule has 2 aromatic rings. The van der Waals surface area contributed by atoms with Gasteiger partial charge in [0, 0.05) is 18.1 Å². The summed E-state index contributed by atoms with van der Waals surface area (Å²) in [5.74, 6) is 0.927. The minimum atomic E-state index is 0.849. The molecule has 3 nitrogen and oxygen atoms in total. The van der Waals surface area contributed by atoms with Crippen molar-refractivity contribution in [1.29, 1.82) is 0 Å². The van der Waals surface area contributed by atoms with Gasteiger partial charge in [-0.3, -0.25) is 0 Å². The summed E-state index contributed by atoms with van der Waals surface area (Å²) < 4.78 is 2.00. The molecule has 2 heterocycles. The van der Waals surface area contributed by atoms with E-state index in [2.05, 4.69) is 27.8 Å². The zero-order valence-electron chi connectivity index (χ0n) is 8.32.